The first kappa shape index (κ1) is 38.4. The number of thioether (sulfide) groups is 1. The Hall–Kier alpha value is 0.290. The van der Waals surface area contributed by atoms with Gasteiger partial charge >= 0.3 is 41.5 Å². The average molecular weight is 539 g/mol. The molecular formula is C30H59NaO4S. The van der Waals surface area contributed by atoms with E-state index in [0.717, 1.165) is 25.7 Å². The first-order valence-corrected chi connectivity index (χ1v) is 16.0. The van der Waals surface area contributed by atoms with Crippen LogP contribution in [-0.4, -0.2) is 65.2 Å². The predicted octanol–water partition coefficient (Wildman–Crippen LogP) is 8.78. The Kier molecular flexibility index (Phi) is 31.9. The Labute approximate surface area is 250 Å². The third kappa shape index (κ3) is 25.9. The number of esters is 2. The van der Waals surface area contributed by atoms with Crippen LogP contribution in [-0.2, 0) is 19.1 Å². The molecule has 0 fully saturated rings. The average Bonchev–Trinajstić information content (AvgIpc) is 2.85. The van der Waals surface area contributed by atoms with Crippen molar-refractivity contribution >= 4 is 53.3 Å². The van der Waals surface area contributed by atoms with Crippen molar-refractivity contribution in [2.24, 2.45) is 0 Å². The number of carbonyl (C=O) groups is 2. The molecule has 0 radical (unpaired) electrons. The van der Waals surface area contributed by atoms with Gasteiger partial charge in [0.15, 0.2) is 0 Å². The van der Waals surface area contributed by atoms with Gasteiger partial charge in [-0.1, -0.05) is 129 Å². The maximum absolute atomic E-state index is 12.2. The molecule has 0 amide bonds. The molecule has 36 heavy (non-hydrogen) atoms. The Morgan fingerprint density at radius 3 is 1.03 bits per heavy atom. The Bertz CT molecular complexity index is 448. The van der Waals surface area contributed by atoms with E-state index in [4.69, 9.17) is 9.47 Å². The number of unbranched alkanes of at least 4 members (excludes halogenated alkanes) is 18. The Balaban J connectivity index is 0. The third-order valence-corrected chi connectivity index (χ3v) is 7.76. The second-order valence-corrected chi connectivity index (χ2v) is 11.8. The summed E-state index contributed by atoms with van der Waals surface area (Å²) in [4.78, 5) is 24.5. The first-order chi connectivity index (χ1) is 17.0. The standard InChI is InChI=1S/C30H58O4S.Na.H/c1-5-7-9-11-13-15-17-19-21-23-25-33-29(31)27(3)35-28(4)30(32)34-26-24-22-20-18-16-14-12-10-8-6-2;;/h27-28H,5-26H2,1-4H3;;. The quantitative estimate of drug-likeness (QED) is 0.0626. The zero-order valence-corrected chi connectivity index (χ0v) is 24.6. The number of hydrogen-bond acceptors (Lipinski definition) is 5. The molecule has 0 aliphatic carbocycles. The summed E-state index contributed by atoms with van der Waals surface area (Å²) in [5, 5.41) is -0.698. The van der Waals surface area contributed by atoms with Crippen molar-refractivity contribution in [3.8, 4) is 0 Å². The molecule has 2 unspecified atom stereocenters. The van der Waals surface area contributed by atoms with Gasteiger partial charge in [0.1, 0.15) is 10.5 Å². The van der Waals surface area contributed by atoms with E-state index in [9.17, 15) is 9.59 Å². The van der Waals surface area contributed by atoms with Gasteiger partial charge in [-0.15, -0.1) is 11.8 Å². The summed E-state index contributed by atoms with van der Waals surface area (Å²) in [6.07, 6.45) is 25.3. The van der Waals surface area contributed by atoms with E-state index < -0.39 is 0 Å². The van der Waals surface area contributed by atoms with Gasteiger partial charge in [-0.05, 0) is 26.7 Å². The normalized spacial score (nSPS) is 12.6. The molecule has 0 rings (SSSR count). The van der Waals surface area contributed by atoms with E-state index in [1.165, 1.54) is 114 Å². The number of ether oxygens (including phenoxy) is 2. The molecular weight excluding hydrogens is 479 g/mol. The fourth-order valence-corrected chi connectivity index (χ4v) is 5.15. The first-order valence-electron chi connectivity index (χ1n) is 15.0. The summed E-state index contributed by atoms with van der Waals surface area (Å²) in [5.41, 5.74) is 0. The van der Waals surface area contributed by atoms with Crippen molar-refractivity contribution in [1.29, 1.82) is 0 Å². The topological polar surface area (TPSA) is 52.6 Å². The minimum atomic E-state index is -0.349. The predicted molar refractivity (Wildman–Crippen MR) is 159 cm³/mol. The molecule has 0 aliphatic heterocycles. The molecule has 6 heteroatoms. The van der Waals surface area contributed by atoms with E-state index in [-0.39, 0.29) is 52.0 Å². The van der Waals surface area contributed by atoms with Crippen molar-refractivity contribution in [2.75, 3.05) is 13.2 Å². The molecule has 0 aliphatic rings. The molecule has 0 heterocycles. The number of carbonyl (C=O) groups excluding carboxylic acids is 2. The van der Waals surface area contributed by atoms with Crippen LogP contribution in [0.5, 0.6) is 0 Å². The minimum absolute atomic E-state index is 0. The summed E-state index contributed by atoms with van der Waals surface area (Å²) in [6, 6.07) is 0. The monoisotopic (exact) mass is 538 g/mol. The van der Waals surface area contributed by atoms with Crippen molar-refractivity contribution in [1.82, 2.24) is 0 Å². The molecule has 2 atom stereocenters. The summed E-state index contributed by atoms with van der Waals surface area (Å²) in [7, 11) is 0. The van der Waals surface area contributed by atoms with Gasteiger partial charge in [0, 0.05) is 0 Å². The number of hydrogen-bond donors (Lipinski definition) is 0. The molecule has 0 saturated heterocycles. The fourth-order valence-electron chi connectivity index (χ4n) is 4.18. The van der Waals surface area contributed by atoms with Crippen molar-refractivity contribution in [3.05, 3.63) is 0 Å². The molecule has 0 saturated carbocycles. The molecule has 0 aromatic carbocycles. The molecule has 0 aromatic rings. The summed E-state index contributed by atoms with van der Waals surface area (Å²) in [5.74, 6) is -0.444. The van der Waals surface area contributed by atoms with Crippen LogP contribution in [0.2, 0.25) is 0 Å². The molecule has 0 bridgehead atoms. The number of rotatable bonds is 26. The van der Waals surface area contributed by atoms with Crippen molar-refractivity contribution < 1.29 is 19.1 Å². The van der Waals surface area contributed by atoms with Crippen LogP contribution in [0.1, 0.15) is 156 Å². The van der Waals surface area contributed by atoms with Gasteiger partial charge in [0.2, 0.25) is 0 Å². The molecule has 0 aromatic heterocycles. The summed E-state index contributed by atoms with van der Waals surface area (Å²) < 4.78 is 10.8. The van der Waals surface area contributed by atoms with Gasteiger partial charge < -0.3 is 9.47 Å². The van der Waals surface area contributed by atoms with Crippen molar-refractivity contribution in [2.45, 2.75) is 167 Å². The maximum atomic E-state index is 12.2. The van der Waals surface area contributed by atoms with Crippen LogP contribution < -0.4 is 0 Å². The van der Waals surface area contributed by atoms with Crippen LogP contribution >= 0.6 is 11.8 Å². The van der Waals surface area contributed by atoms with Gasteiger partial charge in [0.25, 0.3) is 0 Å². The van der Waals surface area contributed by atoms with E-state index in [2.05, 4.69) is 13.8 Å². The van der Waals surface area contributed by atoms with Crippen LogP contribution in [0.25, 0.3) is 0 Å². The summed E-state index contributed by atoms with van der Waals surface area (Å²) >= 11 is 1.33. The van der Waals surface area contributed by atoms with Gasteiger partial charge in [-0.25, -0.2) is 0 Å². The molecule has 210 valence electrons. The Morgan fingerprint density at radius 1 is 0.500 bits per heavy atom. The molecule has 4 nitrogen and oxygen atoms in total. The van der Waals surface area contributed by atoms with E-state index >= 15 is 0 Å². The second-order valence-electron chi connectivity index (χ2n) is 10.1. The van der Waals surface area contributed by atoms with Crippen molar-refractivity contribution in [3.63, 3.8) is 0 Å². The zero-order valence-electron chi connectivity index (χ0n) is 23.8. The molecule has 0 N–H and O–H groups in total. The summed E-state index contributed by atoms with van der Waals surface area (Å²) in [6.45, 7) is 9.10. The zero-order chi connectivity index (χ0) is 26.0. The van der Waals surface area contributed by atoms with E-state index in [0.29, 0.717) is 13.2 Å². The van der Waals surface area contributed by atoms with E-state index in [1.54, 1.807) is 0 Å². The van der Waals surface area contributed by atoms with Crippen LogP contribution in [0.15, 0.2) is 0 Å². The second kappa shape index (κ2) is 29.8. The van der Waals surface area contributed by atoms with Crippen LogP contribution in [0.3, 0.4) is 0 Å². The van der Waals surface area contributed by atoms with Gasteiger partial charge in [-0.2, -0.15) is 0 Å². The van der Waals surface area contributed by atoms with Crippen LogP contribution in [0.4, 0.5) is 0 Å². The Morgan fingerprint density at radius 2 is 0.750 bits per heavy atom. The SMILES string of the molecule is CCCCCCCCCCCCOC(=O)C(C)SC(C)C(=O)OCCCCCCCCCCCC.[NaH]. The van der Waals surface area contributed by atoms with Crippen LogP contribution in [0, 0.1) is 0 Å². The molecule has 0 spiro atoms. The van der Waals surface area contributed by atoms with Gasteiger partial charge in [0.05, 0.1) is 13.2 Å². The third-order valence-electron chi connectivity index (χ3n) is 6.56. The van der Waals surface area contributed by atoms with Gasteiger partial charge in [-0.3, -0.25) is 9.59 Å². The van der Waals surface area contributed by atoms with E-state index in [1.807, 2.05) is 13.8 Å². The fraction of sp³-hybridized carbons (Fsp3) is 0.933.